The number of nitrogens with one attached hydrogen (secondary N) is 1. The predicted molar refractivity (Wildman–Crippen MR) is 96.7 cm³/mol. The minimum Gasteiger partial charge on any atom is -0.489 e. The van der Waals surface area contributed by atoms with Crippen molar-refractivity contribution >= 4 is 16.8 Å². The average molecular weight is 328 g/mol. The van der Waals surface area contributed by atoms with Crippen LogP contribution in [-0.2, 0) is 6.61 Å². The second-order valence-corrected chi connectivity index (χ2v) is 5.73. The Labute approximate surface area is 145 Å². The Kier molecular flexibility index (Phi) is 4.01. The number of carbonyl (C=O) groups excluding carboxylic acids is 1. The summed E-state index contributed by atoms with van der Waals surface area (Å²) >= 11 is 0. The fourth-order valence-electron chi connectivity index (χ4n) is 2.67. The average Bonchev–Trinajstić information content (AvgIpc) is 3.11. The quantitative estimate of drug-likeness (QED) is 0.553. The van der Waals surface area contributed by atoms with Crippen molar-refractivity contribution in [3.05, 3.63) is 95.8 Å². The van der Waals surface area contributed by atoms with E-state index in [9.17, 15) is 4.79 Å². The highest BCUT2D eigenvalue weighted by atomic mass is 16.5. The molecule has 0 saturated heterocycles. The summed E-state index contributed by atoms with van der Waals surface area (Å²) in [4.78, 5) is 20.1. The summed E-state index contributed by atoms with van der Waals surface area (Å²) in [6, 6.07) is 24.7. The third-order valence-electron chi connectivity index (χ3n) is 3.95. The molecule has 0 aliphatic carbocycles. The molecule has 0 spiro atoms. The number of hydrogen-bond acceptors (Lipinski definition) is 3. The van der Waals surface area contributed by atoms with Gasteiger partial charge in [-0.2, -0.15) is 0 Å². The number of aromatic amines is 1. The summed E-state index contributed by atoms with van der Waals surface area (Å²) in [6.07, 6.45) is 0. The van der Waals surface area contributed by atoms with E-state index in [4.69, 9.17) is 4.74 Å². The van der Waals surface area contributed by atoms with E-state index in [2.05, 4.69) is 9.97 Å². The van der Waals surface area contributed by atoms with Gasteiger partial charge in [-0.25, -0.2) is 4.98 Å². The molecule has 1 heterocycles. The molecule has 0 unspecified atom stereocenters. The van der Waals surface area contributed by atoms with E-state index in [1.807, 2.05) is 66.7 Å². The Morgan fingerprint density at radius 1 is 0.920 bits per heavy atom. The van der Waals surface area contributed by atoms with Crippen LogP contribution in [0.5, 0.6) is 5.75 Å². The standard InChI is InChI=1S/C21H16N2O2/c24-20(21-22-18-11-4-5-12-19(18)23-21)16-9-6-10-17(13-16)25-14-15-7-2-1-3-8-15/h1-13H,14H2,(H,22,23). The van der Waals surface area contributed by atoms with Gasteiger partial charge in [0.25, 0.3) is 0 Å². The lowest BCUT2D eigenvalue weighted by Crippen LogP contribution is -2.04. The van der Waals surface area contributed by atoms with E-state index in [1.54, 1.807) is 12.1 Å². The van der Waals surface area contributed by atoms with Crippen LogP contribution < -0.4 is 4.74 Å². The highest BCUT2D eigenvalue weighted by molar-refractivity contribution is 6.08. The molecule has 0 aliphatic heterocycles. The Balaban J connectivity index is 1.55. The van der Waals surface area contributed by atoms with Crippen molar-refractivity contribution < 1.29 is 9.53 Å². The van der Waals surface area contributed by atoms with E-state index in [1.165, 1.54) is 0 Å². The third kappa shape index (κ3) is 3.28. The van der Waals surface area contributed by atoms with Crippen molar-refractivity contribution in [1.29, 1.82) is 0 Å². The lowest BCUT2D eigenvalue weighted by Gasteiger charge is -2.07. The van der Waals surface area contributed by atoms with Crippen LogP contribution in [0.25, 0.3) is 11.0 Å². The molecule has 0 atom stereocenters. The maximum Gasteiger partial charge on any atom is 0.228 e. The molecule has 25 heavy (non-hydrogen) atoms. The fraction of sp³-hybridized carbons (Fsp3) is 0.0476. The molecule has 0 saturated carbocycles. The zero-order valence-electron chi connectivity index (χ0n) is 13.5. The summed E-state index contributed by atoms with van der Waals surface area (Å²) in [5.74, 6) is 0.841. The predicted octanol–water partition coefficient (Wildman–Crippen LogP) is 4.37. The molecule has 3 aromatic carbocycles. The van der Waals surface area contributed by atoms with Gasteiger partial charge in [0.2, 0.25) is 5.78 Å². The van der Waals surface area contributed by atoms with Crippen LogP contribution in [0, 0.1) is 0 Å². The molecule has 0 radical (unpaired) electrons. The number of carbonyl (C=O) groups is 1. The number of aromatic nitrogens is 2. The van der Waals surface area contributed by atoms with E-state index in [-0.39, 0.29) is 5.78 Å². The van der Waals surface area contributed by atoms with Crippen molar-refractivity contribution in [3.63, 3.8) is 0 Å². The molecule has 0 bridgehead atoms. The van der Waals surface area contributed by atoms with Gasteiger partial charge in [0.1, 0.15) is 12.4 Å². The first-order chi connectivity index (χ1) is 12.3. The fourth-order valence-corrected chi connectivity index (χ4v) is 2.67. The smallest absolute Gasteiger partial charge is 0.228 e. The molecule has 1 N–H and O–H groups in total. The van der Waals surface area contributed by atoms with Gasteiger partial charge in [-0.1, -0.05) is 54.6 Å². The van der Waals surface area contributed by atoms with Crippen LogP contribution in [0.1, 0.15) is 21.7 Å². The maximum atomic E-state index is 12.7. The van der Waals surface area contributed by atoms with Crippen LogP contribution in [0.4, 0.5) is 0 Å². The van der Waals surface area contributed by atoms with Crippen molar-refractivity contribution in [2.75, 3.05) is 0 Å². The number of benzene rings is 3. The van der Waals surface area contributed by atoms with Gasteiger partial charge in [0.15, 0.2) is 5.82 Å². The van der Waals surface area contributed by atoms with E-state index in [0.29, 0.717) is 23.7 Å². The monoisotopic (exact) mass is 328 g/mol. The van der Waals surface area contributed by atoms with Gasteiger partial charge < -0.3 is 9.72 Å². The minimum atomic E-state index is -0.152. The number of H-pyrrole nitrogens is 1. The lowest BCUT2D eigenvalue weighted by molar-refractivity contribution is 0.103. The van der Waals surface area contributed by atoms with Gasteiger partial charge in [-0.15, -0.1) is 0 Å². The highest BCUT2D eigenvalue weighted by Crippen LogP contribution is 2.19. The van der Waals surface area contributed by atoms with Crippen molar-refractivity contribution in [1.82, 2.24) is 9.97 Å². The molecule has 4 nitrogen and oxygen atoms in total. The van der Waals surface area contributed by atoms with E-state index in [0.717, 1.165) is 16.6 Å². The second-order valence-electron chi connectivity index (χ2n) is 5.73. The normalized spacial score (nSPS) is 10.7. The first-order valence-corrected chi connectivity index (χ1v) is 8.06. The molecule has 1 aromatic heterocycles. The zero-order chi connectivity index (χ0) is 17.1. The van der Waals surface area contributed by atoms with Crippen molar-refractivity contribution in [2.45, 2.75) is 6.61 Å². The molecule has 122 valence electrons. The Morgan fingerprint density at radius 2 is 1.72 bits per heavy atom. The molecule has 0 amide bonds. The van der Waals surface area contributed by atoms with Crippen LogP contribution >= 0.6 is 0 Å². The topological polar surface area (TPSA) is 55.0 Å². The molecule has 4 heteroatoms. The number of ketones is 1. The van der Waals surface area contributed by atoms with Gasteiger partial charge in [-0.3, -0.25) is 4.79 Å². The van der Waals surface area contributed by atoms with Gasteiger partial charge in [0.05, 0.1) is 11.0 Å². The zero-order valence-corrected chi connectivity index (χ0v) is 13.5. The van der Waals surface area contributed by atoms with Crippen LogP contribution in [0.3, 0.4) is 0 Å². The number of imidazole rings is 1. The first-order valence-electron chi connectivity index (χ1n) is 8.06. The number of ether oxygens (including phenoxy) is 1. The van der Waals surface area contributed by atoms with Crippen molar-refractivity contribution in [3.8, 4) is 5.75 Å². The molecule has 0 aliphatic rings. The van der Waals surface area contributed by atoms with Gasteiger partial charge in [0, 0.05) is 5.56 Å². The second kappa shape index (κ2) is 6.61. The number of hydrogen-bond donors (Lipinski definition) is 1. The van der Waals surface area contributed by atoms with Crippen molar-refractivity contribution in [2.24, 2.45) is 0 Å². The Bertz CT molecular complexity index is 989. The van der Waals surface area contributed by atoms with Crippen LogP contribution in [0.15, 0.2) is 78.9 Å². The molecule has 4 aromatic rings. The summed E-state index contributed by atoms with van der Waals surface area (Å²) in [6.45, 7) is 0.461. The summed E-state index contributed by atoms with van der Waals surface area (Å²) < 4.78 is 5.79. The Morgan fingerprint density at radius 3 is 2.56 bits per heavy atom. The van der Waals surface area contributed by atoms with Gasteiger partial charge >= 0.3 is 0 Å². The molecular formula is C21H16N2O2. The largest absolute Gasteiger partial charge is 0.489 e. The summed E-state index contributed by atoms with van der Waals surface area (Å²) in [5.41, 5.74) is 3.26. The summed E-state index contributed by atoms with van der Waals surface area (Å²) in [5, 5.41) is 0. The number of rotatable bonds is 5. The van der Waals surface area contributed by atoms with E-state index < -0.39 is 0 Å². The SMILES string of the molecule is O=C(c1cccc(OCc2ccccc2)c1)c1nc2ccccc2[nH]1. The number of nitrogens with zero attached hydrogens (tertiary/aromatic N) is 1. The molecule has 4 rings (SSSR count). The van der Waals surface area contributed by atoms with E-state index >= 15 is 0 Å². The highest BCUT2D eigenvalue weighted by Gasteiger charge is 2.14. The van der Waals surface area contributed by atoms with Crippen LogP contribution in [0.2, 0.25) is 0 Å². The molecular weight excluding hydrogens is 312 g/mol. The van der Waals surface area contributed by atoms with Crippen LogP contribution in [-0.4, -0.2) is 15.8 Å². The Hall–Kier alpha value is -3.40. The lowest BCUT2D eigenvalue weighted by atomic mass is 10.1. The number of fused-ring (bicyclic) bond motifs is 1. The maximum absolute atomic E-state index is 12.7. The summed E-state index contributed by atoms with van der Waals surface area (Å²) in [7, 11) is 0. The van der Waals surface area contributed by atoms with Gasteiger partial charge in [-0.05, 0) is 29.8 Å². The third-order valence-corrected chi connectivity index (χ3v) is 3.95. The minimum absolute atomic E-state index is 0.152. The first kappa shape index (κ1) is 15.1. The number of para-hydroxylation sites is 2. The molecule has 0 fully saturated rings.